The minimum absolute atomic E-state index is 0.289. The Morgan fingerprint density at radius 2 is 1.85 bits per heavy atom. The Balaban J connectivity index is 2.17. The molecule has 1 N–H and O–H groups in total. The molecule has 1 saturated heterocycles. The lowest BCUT2D eigenvalue weighted by Gasteiger charge is -2.35. The molecule has 6 heteroatoms. The van der Waals surface area contributed by atoms with Gasteiger partial charge in [-0.1, -0.05) is 6.92 Å². The van der Waals surface area contributed by atoms with Gasteiger partial charge in [0.15, 0.2) is 0 Å². The fraction of sp³-hybridized carbons (Fsp3) is 0.571. The first-order valence-corrected chi connectivity index (χ1v) is 8.22. The molecule has 0 saturated carbocycles. The predicted molar refractivity (Wildman–Crippen MR) is 79.3 cm³/mol. The van der Waals surface area contributed by atoms with E-state index in [4.69, 9.17) is 0 Å². The van der Waals surface area contributed by atoms with Crippen LogP contribution < -0.4 is 4.90 Å². The highest BCUT2D eigenvalue weighted by Gasteiger charge is 2.25. The monoisotopic (exact) mass is 298 g/mol. The van der Waals surface area contributed by atoms with Gasteiger partial charge in [-0.05, 0) is 36.6 Å². The molecule has 112 valence electrons. The summed E-state index contributed by atoms with van der Waals surface area (Å²) in [4.78, 5) is 2.38. The summed E-state index contributed by atoms with van der Waals surface area (Å²) in [5, 5.41) is 9.92. The molecule has 2 atom stereocenters. The molecule has 0 spiro atoms. The molecule has 1 aliphatic heterocycles. The molecule has 5 nitrogen and oxygen atoms in total. The van der Waals surface area contributed by atoms with Gasteiger partial charge in [0.2, 0.25) is 10.0 Å². The average Bonchev–Trinajstić information content (AvgIpc) is 2.42. The van der Waals surface area contributed by atoms with E-state index in [2.05, 4.69) is 11.8 Å². The Kier molecular flexibility index (Phi) is 4.36. The number of aliphatic hydroxyl groups excluding tert-OH is 1. The average molecular weight is 298 g/mol. The van der Waals surface area contributed by atoms with E-state index >= 15 is 0 Å². The van der Waals surface area contributed by atoms with Crippen LogP contribution in [0.25, 0.3) is 0 Å². The number of nitrogens with zero attached hydrogens (tertiary/aromatic N) is 2. The van der Waals surface area contributed by atoms with Crippen LogP contribution in [0.15, 0.2) is 29.2 Å². The van der Waals surface area contributed by atoms with Crippen molar-refractivity contribution < 1.29 is 13.5 Å². The van der Waals surface area contributed by atoms with Crippen molar-refractivity contribution in [1.82, 2.24) is 4.31 Å². The molecule has 1 aromatic rings. The minimum atomic E-state index is -3.38. The zero-order valence-electron chi connectivity index (χ0n) is 12.2. The third-order valence-electron chi connectivity index (χ3n) is 3.90. The van der Waals surface area contributed by atoms with Crippen molar-refractivity contribution in [3.05, 3.63) is 24.3 Å². The SMILES string of the molecule is CC1CCN(c2ccc(S(=O)(=O)N(C)C)cc2)CC1O. The Morgan fingerprint density at radius 1 is 1.25 bits per heavy atom. The molecular weight excluding hydrogens is 276 g/mol. The largest absolute Gasteiger partial charge is 0.391 e. The lowest BCUT2D eigenvalue weighted by Crippen LogP contribution is -2.42. The number of sulfonamides is 1. The van der Waals surface area contributed by atoms with Crippen molar-refractivity contribution in [2.75, 3.05) is 32.1 Å². The van der Waals surface area contributed by atoms with E-state index in [1.165, 1.54) is 18.4 Å². The van der Waals surface area contributed by atoms with Crippen LogP contribution in [0.2, 0.25) is 0 Å². The van der Waals surface area contributed by atoms with Gasteiger partial charge in [-0.15, -0.1) is 0 Å². The van der Waals surface area contributed by atoms with Crippen LogP contribution >= 0.6 is 0 Å². The highest BCUT2D eigenvalue weighted by Crippen LogP contribution is 2.25. The number of aliphatic hydroxyl groups is 1. The third-order valence-corrected chi connectivity index (χ3v) is 5.73. The lowest BCUT2D eigenvalue weighted by atomic mass is 9.96. The van der Waals surface area contributed by atoms with E-state index < -0.39 is 10.0 Å². The maximum absolute atomic E-state index is 12.0. The van der Waals surface area contributed by atoms with Crippen molar-refractivity contribution in [3.8, 4) is 0 Å². The fourth-order valence-corrected chi connectivity index (χ4v) is 3.22. The van der Waals surface area contributed by atoms with Crippen LogP contribution in [-0.4, -0.2) is 51.1 Å². The Morgan fingerprint density at radius 3 is 2.35 bits per heavy atom. The van der Waals surface area contributed by atoms with Crippen LogP contribution in [0.5, 0.6) is 0 Å². The van der Waals surface area contributed by atoms with E-state index in [0.29, 0.717) is 12.5 Å². The molecule has 2 rings (SSSR count). The summed E-state index contributed by atoms with van der Waals surface area (Å²) < 4.78 is 25.2. The van der Waals surface area contributed by atoms with Gasteiger partial charge >= 0.3 is 0 Å². The van der Waals surface area contributed by atoms with Crippen molar-refractivity contribution in [1.29, 1.82) is 0 Å². The topological polar surface area (TPSA) is 60.9 Å². The molecular formula is C14H22N2O3S. The number of anilines is 1. The minimum Gasteiger partial charge on any atom is -0.391 e. The molecule has 1 aromatic carbocycles. The molecule has 1 fully saturated rings. The summed E-state index contributed by atoms with van der Waals surface area (Å²) in [6.45, 7) is 3.54. The smallest absolute Gasteiger partial charge is 0.242 e. The fourth-order valence-electron chi connectivity index (χ4n) is 2.32. The van der Waals surface area contributed by atoms with Crippen LogP contribution in [0.3, 0.4) is 0 Å². The number of piperidine rings is 1. The van der Waals surface area contributed by atoms with Gasteiger partial charge < -0.3 is 10.0 Å². The van der Waals surface area contributed by atoms with Crippen molar-refractivity contribution in [2.24, 2.45) is 5.92 Å². The normalized spacial score (nSPS) is 24.1. The molecule has 2 unspecified atom stereocenters. The van der Waals surface area contributed by atoms with Crippen molar-refractivity contribution in [2.45, 2.75) is 24.3 Å². The first-order chi connectivity index (χ1) is 9.32. The van der Waals surface area contributed by atoms with Gasteiger partial charge in [-0.25, -0.2) is 12.7 Å². The van der Waals surface area contributed by atoms with Crippen molar-refractivity contribution in [3.63, 3.8) is 0 Å². The van der Waals surface area contributed by atoms with Crippen LogP contribution in [-0.2, 0) is 10.0 Å². The van der Waals surface area contributed by atoms with Crippen molar-refractivity contribution >= 4 is 15.7 Å². The third kappa shape index (κ3) is 2.97. The maximum Gasteiger partial charge on any atom is 0.242 e. The zero-order chi connectivity index (χ0) is 14.9. The molecule has 0 aliphatic carbocycles. The summed E-state index contributed by atoms with van der Waals surface area (Å²) in [5.74, 6) is 0.319. The first-order valence-electron chi connectivity index (χ1n) is 6.78. The summed E-state index contributed by atoms with van der Waals surface area (Å²) >= 11 is 0. The van der Waals surface area contributed by atoms with Gasteiger partial charge in [0.1, 0.15) is 0 Å². The summed E-state index contributed by atoms with van der Waals surface area (Å²) in [7, 11) is -0.340. The molecule has 20 heavy (non-hydrogen) atoms. The number of hydrogen-bond donors (Lipinski definition) is 1. The van der Waals surface area contributed by atoms with Crippen LogP contribution in [0, 0.1) is 5.92 Å². The van der Waals surface area contributed by atoms with Gasteiger partial charge in [0.05, 0.1) is 11.0 Å². The standard InChI is InChI=1S/C14H22N2O3S/c1-11-8-9-16(10-14(11)17)12-4-6-13(7-5-12)20(18,19)15(2)3/h4-7,11,14,17H,8-10H2,1-3H3. The van der Waals surface area contributed by atoms with Gasteiger partial charge in [0, 0.05) is 32.9 Å². The predicted octanol–water partition coefficient (Wildman–Crippen LogP) is 1.14. The van der Waals surface area contributed by atoms with Crippen LogP contribution in [0.1, 0.15) is 13.3 Å². The number of hydrogen-bond acceptors (Lipinski definition) is 4. The molecule has 1 heterocycles. The highest BCUT2D eigenvalue weighted by molar-refractivity contribution is 7.89. The maximum atomic E-state index is 12.0. The highest BCUT2D eigenvalue weighted by atomic mass is 32.2. The van der Waals surface area contributed by atoms with Gasteiger partial charge in [0.25, 0.3) is 0 Å². The van der Waals surface area contributed by atoms with E-state index in [1.807, 2.05) is 0 Å². The Hall–Kier alpha value is -1.11. The summed E-state index contributed by atoms with van der Waals surface area (Å²) in [5.41, 5.74) is 0.952. The Bertz CT molecular complexity index is 554. The quantitative estimate of drug-likeness (QED) is 0.909. The molecule has 1 aliphatic rings. The van der Waals surface area contributed by atoms with Gasteiger partial charge in [-0.3, -0.25) is 0 Å². The van der Waals surface area contributed by atoms with E-state index in [-0.39, 0.29) is 11.0 Å². The van der Waals surface area contributed by atoms with Crippen LogP contribution in [0.4, 0.5) is 5.69 Å². The molecule has 0 aromatic heterocycles. The second-order valence-corrected chi connectivity index (χ2v) is 7.71. The summed E-state index contributed by atoms with van der Waals surface area (Å²) in [6, 6.07) is 6.85. The number of benzene rings is 1. The molecule has 0 amide bonds. The van der Waals surface area contributed by atoms with E-state index in [9.17, 15) is 13.5 Å². The second-order valence-electron chi connectivity index (χ2n) is 5.56. The molecule has 0 bridgehead atoms. The molecule has 0 radical (unpaired) electrons. The lowest BCUT2D eigenvalue weighted by molar-refractivity contribution is 0.103. The second kappa shape index (κ2) is 5.71. The Labute approximate surface area is 120 Å². The number of β-amino-alcohol motifs (C(OH)–C–C–N with tert-alkyl or cyclic N) is 1. The van der Waals surface area contributed by atoms with E-state index in [1.54, 1.807) is 24.3 Å². The summed E-state index contributed by atoms with van der Waals surface area (Å²) in [6.07, 6.45) is 0.618. The zero-order valence-corrected chi connectivity index (χ0v) is 13.0. The first kappa shape index (κ1) is 15.3. The number of rotatable bonds is 3. The van der Waals surface area contributed by atoms with Gasteiger partial charge in [-0.2, -0.15) is 0 Å². The van der Waals surface area contributed by atoms with E-state index in [0.717, 1.165) is 18.7 Å².